The van der Waals surface area contributed by atoms with E-state index < -0.39 is 21.7 Å². The van der Waals surface area contributed by atoms with Crippen LogP contribution in [0.1, 0.15) is 34.1 Å². The number of aliphatic hydroxyl groups excluding tert-OH is 4. The fourth-order valence-corrected chi connectivity index (χ4v) is 12.8. The summed E-state index contributed by atoms with van der Waals surface area (Å²) in [6.07, 6.45) is 7.22. The lowest BCUT2D eigenvalue weighted by molar-refractivity contribution is -0.493. The van der Waals surface area contributed by atoms with Crippen LogP contribution >= 0.6 is 0 Å². The number of aromatic nitrogens is 2. The summed E-state index contributed by atoms with van der Waals surface area (Å²) in [7, 11) is 0. The minimum absolute atomic E-state index is 0.0932. The number of piperidine rings is 4. The van der Waals surface area contributed by atoms with Gasteiger partial charge in [-0.3, -0.25) is 19.8 Å². The van der Waals surface area contributed by atoms with Gasteiger partial charge in [0.2, 0.25) is 0 Å². The minimum Gasteiger partial charge on any atom is -0.396 e. The molecule has 2 aromatic carbocycles. The van der Waals surface area contributed by atoms with Crippen molar-refractivity contribution in [2.75, 3.05) is 26.4 Å². The predicted molar refractivity (Wildman–Crippen MR) is 171 cm³/mol. The molecule has 6 aliphatic rings. The van der Waals surface area contributed by atoms with Crippen molar-refractivity contribution in [2.45, 2.75) is 49.1 Å². The maximum atomic E-state index is 11.9. The Kier molecular flexibility index (Phi) is 6.24. The maximum absolute atomic E-state index is 11.9. The van der Waals surface area contributed by atoms with Crippen LogP contribution in [0.15, 0.2) is 110 Å². The smallest absolute Gasteiger partial charge is 0.0524 e. The minimum atomic E-state index is -0.698. The summed E-state index contributed by atoms with van der Waals surface area (Å²) >= 11 is 0. The summed E-state index contributed by atoms with van der Waals surface area (Å²) in [6, 6.07) is 28.0. The van der Waals surface area contributed by atoms with Crippen molar-refractivity contribution in [3.8, 4) is 0 Å². The summed E-state index contributed by atoms with van der Waals surface area (Å²) in [6.45, 7) is 0.836. The normalized spacial score (nSPS) is 40.0. The SMILES string of the molecule is OCC12C(c3ccncc3)C3(CO)C4N(Cc5ccccc5)C1C1(CO)C(c5ccncc5)C4(CO)C3N(Cc3ccccc3)C21. The number of benzene rings is 2. The fraction of sp³-hybridized carbons (Fsp3) is 0.421. The zero-order chi connectivity index (χ0) is 31.3. The van der Waals surface area contributed by atoms with E-state index in [1.165, 1.54) is 0 Å². The Morgan fingerprint density at radius 2 is 0.761 bits per heavy atom. The molecule has 4 N–H and O–H groups in total. The lowest BCUT2D eigenvalue weighted by Gasteiger charge is -2.98. The third kappa shape index (κ3) is 3.03. The molecule has 10 rings (SSSR count). The molecule has 46 heavy (non-hydrogen) atoms. The number of aliphatic hydroxyl groups is 4. The van der Waals surface area contributed by atoms with E-state index in [9.17, 15) is 20.4 Å². The lowest BCUT2D eigenvalue weighted by Crippen LogP contribution is -3.07. The molecule has 8 heteroatoms. The van der Waals surface area contributed by atoms with Gasteiger partial charge in [0.1, 0.15) is 0 Å². The van der Waals surface area contributed by atoms with Crippen LogP contribution in [-0.4, -0.2) is 90.8 Å². The van der Waals surface area contributed by atoms with Gasteiger partial charge in [-0.15, -0.1) is 0 Å². The predicted octanol–water partition coefficient (Wildman–Crippen LogP) is 2.81. The molecule has 6 fully saturated rings. The number of hydrogen-bond acceptors (Lipinski definition) is 8. The van der Waals surface area contributed by atoms with Crippen LogP contribution in [0.5, 0.6) is 0 Å². The molecule has 4 aliphatic heterocycles. The van der Waals surface area contributed by atoms with Gasteiger partial charge in [0.15, 0.2) is 0 Å². The molecule has 0 radical (unpaired) electrons. The molecule has 6 heterocycles. The van der Waals surface area contributed by atoms with E-state index in [1.807, 2.05) is 60.7 Å². The zero-order valence-electron chi connectivity index (χ0n) is 25.7. The van der Waals surface area contributed by atoms with Crippen LogP contribution in [-0.2, 0) is 13.1 Å². The third-order valence-electron chi connectivity index (χ3n) is 13.1. The van der Waals surface area contributed by atoms with Gasteiger partial charge in [0.25, 0.3) is 0 Å². The average molecular weight is 617 g/mol. The van der Waals surface area contributed by atoms with Gasteiger partial charge in [-0.05, 0) is 46.5 Å². The number of pyridine rings is 2. The molecule has 2 saturated carbocycles. The second-order valence-corrected chi connectivity index (χ2v) is 14.4. The van der Waals surface area contributed by atoms with Crippen LogP contribution in [0.3, 0.4) is 0 Å². The zero-order valence-corrected chi connectivity index (χ0v) is 25.7. The first-order chi connectivity index (χ1) is 22.6. The molecular formula is C38H40N4O4. The van der Waals surface area contributed by atoms with E-state index in [0.29, 0.717) is 13.1 Å². The Morgan fingerprint density at radius 1 is 0.457 bits per heavy atom. The van der Waals surface area contributed by atoms with Crippen molar-refractivity contribution in [1.29, 1.82) is 0 Å². The van der Waals surface area contributed by atoms with Gasteiger partial charge >= 0.3 is 0 Å². The van der Waals surface area contributed by atoms with Crippen LogP contribution in [0.2, 0.25) is 0 Å². The van der Waals surface area contributed by atoms with E-state index in [1.54, 1.807) is 24.8 Å². The molecule has 0 unspecified atom stereocenters. The second-order valence-electron chi connectivity index (χ2n) is 14.4. The van der Waals surface area contributed by atoms with Gasteiger partial charge in [0, 0.05) is 95.5 Å². The van der Waals surface area contributed by atoms with Crippen LogP contribution in [0, 0.1) is 21.7 Å². The summed E-state index contributed by atoms with van der Waals surface area (Å²) in [5, 5.41) is 47.7. The quantitative estimate of drug-likeness (QED) is 0.215. The third-order valence-corrected chi connectivity index (χ3v) is 13.1. The van der Waals surface area contributed by atoms with Crippen molar-refractivity contribution in [2.24, 2.45) is 21.7 Å². The Labute approximate surface area is 269 Å². The van der Waals surface area contributed by atoms with Gasteiger partial charge < -0.3 is 20.4 Å². The van der Waals surface area contributed by atoms with Crippen LogP contribution in [0.25, 0.3) is 0 Å². The average Bonchev–Trinajstić information content (AvgIpc) is 3.09. The van der Waals surface area contributed by atoms with E-state index in [0.717, 1.165) is 22.3 Å². The summed E-state index contributed by atoms with van der Waals surface area (Å²) in [5.74, 6) is -0.389. The van der Waals surface area contributed by atoms with E-state index in [2.05, 4.69) is 44.0 Å². The molecule has 0 atom stereocenters. The molecule has 2 aromatic heterocycles. The number of hydrogen-bond donors (Lipinski definition) is 4. The van der Waals surface area contributed by atoms with Crippen molar-refractivity contribution in [3.63, 3.8) is 0 Å². The Morgan fingerprint density at radius 3 is 1.04 bits per heavy atom. The lowest BCUT2D eigenvalue weighted by atomic mass is 9.16. The first-order valence-electron chi connectivity index (χ1n) is 16.4. The molecular weight excluding hydrogens is 576 g/mol. The standard InChI is InChI=1S/C38H40N4O4/c43-21-35-29(27-11-15-39-16-12-27)36(22-44)32-38(24-46)30(28-13-17-40-18-14-28)37(23-45,31(35)41(32)19-25-7-3-1-4-8-25)33(35)42(34(36)38)20-26-9-5-2-6-10-26/h1-18,29-34,43-46H,19-24H2. The molecule has 8 bridgehead atoms. The van der Waals surface area contributed by atoms with E-state index in [-0.39, 0.29) is 62.4 Å². The summed E-state index contributed by atoms with van der Waals surface area (Å²) in [5.41, 5.74) is 1.60. The molecule has 4 saturated heterocycles. The van der Waals surface area contributed by atoms with Crippen molar-refractivity contribution in [1.82, 2.24) is 19.8 Å². The van der Waals surface area contributed by atoms with Crippen molar-refractivity contribution in [3.05, 3.63) is 132 Å². The Balaban J connectivity index is 1.36. The van der Waals surface area contributed by atoms with E-state index >= 15 is 0 Å². The topological polar surface area (TPSA) is 113 Å². The van der Waals surface area contributed by atoms with Crippen molar-refractivity contribution < 1.29 is 20.4 Å². The first-order valence-corrected chi connectivity index (χ1v) is 16.4. The maximum Gasteiger partial charge on any atom is 0.0524 e. The molecule has 236 valence electrons. The highest BCUT2D eigenvalue weighted by Crippen LogP contribution is 2.91. The van der Waals surface area contributed by atoms with Gasteiger partial charge in [0.05, 0.1) is 26.4 Å². The summed E-state index contributed by atoms with van der Waals surface area (Å²) < 4.78 is 0. The van der Waals surface area contributed by atoms with Gasteiger partial charge in [-0.2, -0.15) is 0 Å². The molecule has 2 aliphatic carbocycles. The van der Waals surface area contributed by atoms with Gasteiger partial charge in [-0.25, -0.2) is 0 Å². The highest BCUT2D eigenvalue weighted by atomic mass is 16.3. The Bertz CT molecular complexity index is 1530. The van der Waals surface area contributed by atoms with Crippen LogP contribution in [0.4, 0.5) is 0 Å². The molecule has 4 aromatic rings. The highest BCUT2D eigenvalue weighted by molar-refractivity contribution is 5.57. The first kappa shape index (κ1) is 28.7. The molecule has 0 spiro atoms. The molecule has 8 nitrogen and oxygen atoms in total. The van der Waals surface area contributed by atoms with E-state index in [4.69, 9.17) is 0 Å². The highest BCUT2D eigenvalue weighted by Gasteiger charge is 2.99. The summed E-state index contributed by atoms with van der Waals surface area (Å²) in [4.78, 5) is 13.7. The van der Waals surface area contributed by atoms with Crippen LogP contribution < -0.4 is 0 Å². The largest absolute Gasteiger partial charge is 0.396 e. The second kappa shape index (κ2) is 10.0. The number of rotatable bonds is 10. The Hall–Kier alpha value is -3.50. The monoisotopic (exact) mass is 616 g/mol. The number of nitrogens with zero attached hydrogens (tertiary/aromatic N) is 4. The fourth-order valence-electron chi connectivity index (χ4n) is 12.8. The van der Waals surface area contributed by atoms with Gasteiger partial charge in [-0.1, -0.05) is 60.7 Å². The van der Waals surface area contributed by atoms with Crippen molar-refractivity contribution >= 4 is 0 Å². The molecule has 0 amide bonds.